The number of aromatic nitrogens is 8. The van der Waals surface area contributed by atoms with Crippen LogP contribution in [0.1, 0.15) is 52.1 Å². The molecule has 0 aliphatic rings. The number of hydrogen-bond donors (Lipinski definition) is 4. The van der Waals surface area contributed by atoms with Gasteiger partial charge in [0, 0.05) is 67.6 Å². The number of carboxylic acid groups (broad SMARTS) is 1. The molecular weight excluding hydrogens is 1090 g/mol. The summed E-state index contributed by atoms with van der Waals surface area (Å²) in [5.74, 6) is -3.88. The third kappa shape index (κ3) is 18.2. The maximum absolute atomic E-state index is 13.5. The number of carbonyl (C=O) groups is 4. The largest absolute Gasteiger partial charge is 1.00 e. The van der Waals surface area contributed by atoms with Crippen molar-refractivity contribution in [2.24, 2.45) is 0 Å². The first-order chi connectivity index (χ1) is 34.0. The van der Waals surface area contributed by atoms with Crippen molar-refractivity contribution in [3.05, 3.63) is 159 Å². The Hall–Kier alpha value is -6.52. The number of nitrogens with zero attached hydrogens (tertiary/aromatic N) is 8. The molecule has 73 heavy (non-hydrogen) atoms. The number of aromatic carboxylic acids is 1. The average molecular weight is 1130 g/mol. The second-order valence-electron chi connectivity index (χ2n) is 13.0. The van der Waals surface area contributed by atoms with Crippen LogP contribution in [0.3, 0.4) is 0 Å². The number of aliphatic hydroxyl groups is 2. The molecule has 1 atom stereocenters. The van der Waals surface area contributed by atoms with E-state index in [0.29, 0.717) is 17.3 Å². The van der Waals surface area contributed by atoms with Crippen molar-refractivity contribution in [2.45, 2.75) is 25.6 Å². The minimum Gasteiger partial charge on any atom is -0.870 e. The number of ketones is 1. The molecule has 3 aromatic carbocycles. The number of carbonyl (C=O) groups excluding carboxylic acids is 3. The summed E-state index contributed by atoms with van der Waals surface area (Å²) in [5, 5.41) is 24.5. The Kier molecular flexibility index (Phi) is 28.7. The Morgan fingerprint density at radius 2 is 1.10 bits per heavy atom. The Bertz CT molecular complexity index is 3080. The minimum absolute atomic E-state index is 0. The van der Waals surface area contributed by atoms with Crippen molar-refractivity contribution in [1.82, 2.24) is 38.7 Å². The van der Waals surface area contributed by atoms with Gasteiger partial charge in [0.2, 0.25) is 17.5 Å². The minimum atomic E-state index is -1.19. The van der Waals surface area contributed by atoms with Gasteiger partial charge in [0.15, 0.2) is 22.0 Å². The Labute approximate surface area is 449 Å². The molecule has 5 heterocycles. The fourth-order valence-corrected chi connectivity index (χ4v) is 6.57. The van der Waals surface area contributed by atoms with Gasteiger partial charge >= 0.3 is 36.8 Å². The summed E-state index contributed by atoms with van der Waals surface area (Å²) in [5.41, 5.74) is 5.99. The first-order valence-electron chi connectivity index (χ1n) is 20.3. The van der Waals surface area contributed by atoms with Crippen molar-refractivity contribution in [2.75, 3.05) is 32.7 Å². The summed E-state index contributed by atoms with van der Waals surface area (Å²) >= 11 is 20.8. The summed E-state index contributed by atoms with van der Waals surface area (Å²) in [6.07, 6.45) is 9.40. The van der Waals surface area contributed by atoms with Crippen LogP contribution in [0.25, 0.3) is 34.1 Å². The first-order valence-corrected chi connectivity index (χ1v) is 22.4. The summed E-state index contributed by atoms with van der Waals surface area (Å²) in [6, 6.07) is 15.9. The molecule has 0 fully saturated rings. The number of nitrogens with two attached hydrogens (primary N) is 1. The predicted molar refractivity (Wildman–Crippen MR) is 264 cm³/mol. The van der Waals surface area contributed by atoms with Gasteiger partial charge in [-0.05, 0) is 93.6 Å². The molecule has 0 aliphatic heterocycles. The van der Waals surface area contributed by atoms with Gasteiger partial charge in [0.25, 0.3) is 0 Å². The van der Waals surface area contributed by atoms with Crippen LogP contribution in [-0.4, -0.2) is 115 Å². The fraction of sp³-hybridized carbons (Fsp3) is 0.174. The third-order valence-electron chi connectivity index (χ3n) is 8.35. The normalized spacial score (nSPS) is 10.2. The van der Waals surface area contributed by atoms with Crippen LogP contribution in [0.5, 0.6) is 0 Å². The monoisotopic (exact) mass is 1130 g/mol. The van der Waals surface area contributed by atoms with Crippen LogP contribution in [0, 0.1) is 17.5 Å². The fourth-order valence-electron chi connectivity index (χ4n) is 5.56. The molecule has 0 radical (unpaired) electrons. The van der Waals surface area contributed by atoms with Gasteiger partial charge in [-0.2, -0.15) is 0 Å². The van der Waals surface area contributed by atoms with E-state index >= 15 is 0 Å². The number of benzene rings is 3. The van der Waals surface area contributed by atoms with Crippen LogP contribution < -0.4 is 24.6 Å². The van der Waals surface area contributed by atoms with Crippen molar-refractivity contribution in [3.63, 3.8) is 0 Å². The zero-order valence-corrected chi connectivity index (χ0v) is 43.0. The number of rotatable bonds is 9. The van der Waals surface area contributed by atoms with E-state index in [2.05, 4.69) is 50.6 Å². The molecule has 0 saturated carbocycles. The maximum Gasteiger partial charge on any atom is 1.00 e. The van der Waals surface area contributed by atoms with E-state index < -0.39 is 46.0 Å². The molecular formula is C46H43BrCl3F3LiN9O10. The summed E-state index contributed by atoms with van der Waals surface area (Å²) in [4.78, 5) is 69.5. The van der Waals surface area contributed by atoms with Crippen molar-refractivity contribution in [3.8, 4) is 22.5 Å². The number of fused-ring (bicyclic) bond motifs is 2. The third-order valence-corrected chi connectivity index (χ3v) is 10.1. The average Bonchev–Trinajstić information content (AvgIpc) is 3.95. The molecule has 5 aromatic heterocycles. The quantitative estimate of drug-likeness (QED) is 0.0441. The molecule has 0 saturated heterocycles. The molecule has 8 rings (SSSR count). The molecule has 6 N–H and O–H groups in total. The number of halogens is 7. The Balaban J connectivity index is 0.000000488. The molecule has 8 aromatic rings. The molecule has 0 spiro atoms. The number of ether oxygens (including phenoxy) is 2. The number of hydrogen-bond acceptors (Lipinski definition) is 16. The SMILES string of the molecule is CCO.CCOC(=O)C(Br)C(=O)c1cc(F)ccc1Cl.CCOC(=O)c1c(-c2cc(F)ccc2Cl)nc2ncccn12.CO.Nc1ncccn1.O=C(O)c1c(-c2cc(F)ccc2Cl)nc2ncccn12.[Li+].[OH-]. The number of alkyl halides is 1. The van der Waals surface area contributed by atoms with Gasteiger partial charge in [-0.25, -0.2) is 52.7 Å². The van der Waals surface area contributed by atoms with E-state index in [4.69, 9.17) is 55.5 Å². The standard InChI is InChI=1S/C15H11ClFN3O2.C13H7ClFN3O2.C11H9BrClFO3.C4H5N3.C2H6O.CH4O.Li.H2O/c1-2-22-14(21)13-12(10-8-9(17)4-5-11(10)16)19-15-18-6-3-7-20(13)15;14-9-3-2-7(15)6-8(9)10-11(12(19)20)18-5-1-4-16-13(18)17-10;1-2-17-11(16)9(12)10(15)7-5-6(14)3-4-8(7)13;5-4-6-2-1-3-7-4;1-2-3;1-2;;/h3-8H,2H2,1H3;1-6H,(H,19,20);3-5,9H,2H2,1H3;1-3H,(H2,5,6,7);3H,2H2,1H3;2H,1H3;;1H2/q;;;;;;+1;/p-1. The van der Waals surface area contributed by atoms with E-state index in [-0.39, 0.29) is 98.9 Å². The van der Waals surface area contributed by atoms with Crippen molar-refractivity contribution >= 4 is 91.9 Å². The molecule has 0 aliphatic carbocycles. The number of imidazole rings is 2. The van der Waals surface area contributed by atoms with Gasteiger partial charge in [0.05, 0.1) is 28.3 Å². The molecule has 382 valence electrons. The summed E-state index contributed by atoms with van der Waals surface area (Å²) in [7, 11) is 1.00. The molecule has 0 bridgehead atoms. The maximum atomic E-state index is 13.5. The van der Waals surface area contributed by atoms with E-state index in [9.17, 15) is 37.5 Å². The number of anilines is 1. The van der Waals surface area contributed by atoms with Crippen molar-refractivity contribution in [1.29, 1.82) is 0 Å². The van der Waals surface area contributed by atoms with Gasteiger partial charge < -0.3 is 36.0 Å². The zero-order chi connectivity index (χ0) is 52.8. The topological polar surface area (TPSA) is 290 Å². The van der Waals surface area contributed by atoms with Gasteiger partial charge in [-0.1, -0.05) is 50.7 Å². The van der Waals surface area contributed by atoms with Crippen LogP contribution in [-0.2, 0) is 14.3 Å². The second-order valence-corrected chi connectivity index (χ2v) is 15.1. The zero-order valence-electron chi connectivity index (χ0n) is 39.1. The van der Waals surface area contributed by atoms with Crippen LogP contribution in [0.2, 0.25) is 15.1 Å². The molecule has 27 heteroatoms. The number of nitrogen functional groups attached to an aromatic ring is 1. The van der Waals surface area contributed by atoms with E-state index in [0.717, 1.165) is 25.3 Å². The summed E-state index contributed by atoms with van der Waals surface area (Å²) in [6.45, 7) is 5.62. The predicted octanol–water partition coefficient (Wildman–Crippen LogP) is 5.73. The molecule has 0 amide bonds. The van der Waals surface area contributed by atoms with E-state index in [1.807, 2.05) is 0 Å². The van der Waals surface area contributed by atoms with Crippen LogP contribution in [0.15, 0.2) is 110 Å². The number of Topliss-reactive ketones (excluding diaryl/α,β-unsaturated/α-hetero) is 1. The van der Waals surface area contributed by atoms with Gasteiger partial charge in [-0.3, -0.25) is 18.4 Å². The number of carboxylic acids is 1. The smallest absolute Gasteiger partial charge is 0.870 e. The molecule has 19 nitrogen and oxygen atoms in total. The van der Waals surface area contributed by atoms with E-state index in [1.165, 1.54) is 57.6 Å². The summed E-state index contributed by atoms with van der Waals surface area (Å²) < 4.78 is 52.4. The van der Waals surface area contributed by atoms with Gasteiger partial charge in [-0.15, -0.1) is 0 Å². The number of esters is 2. The van der Waals surface area contributed by atoms with Crippen molar-refractivity contribution < 1.29 is 81.5 Å². The van der Waals surface area contributed by atoms with E-state index in [1.54, 1.807) is 63.8 Å². The first kappa shape index (κ1) is 64.5. The Morgan fingerprint density at radius 1 is 0.685 bits per heavy atom. The molecule has 1 unspecified atom stereocenters. The second kappa shape index (κ2) is 32.5. The van der Waals surface area contributed by atoms with Crippen LogP contribution >= 0.6 is 50.7 Å². The van der Waals surface area contributed by atoms with Gasteiger partial charge in [0.1, 0.15) is 28.8 Å². The van der Waals surface area contributed by atoms with Crippen LogP contribution in [0.4, 0.5) is 19.1 Å². The Morgan fingerprint density at radius 3 is 1.52 bits per heavy atom. The number of aliphatic hydroxyl groups excluding tert-OH is 2.